The van der Waals surface area contributed by atoms with Crippen LogP contribution < -0.4 is 0 Å². The van der Waals surface area contributed by atoms with Crippen molar-refractivity contribution < 1.29 is 5.11 Å². The average molecular weight is 305 g/mol. The maximum Gasteiger partial charge on any atom is 0.0591 e. The summed E-state index contributed by atoms with van der Waals surface area (Å²) in [6, 6.07) is 8.68. The highest BCUT2D eigenvalue weighted by atomic mass is 16.3. The van der Waals surface area contributed by atoms with Crippen LogP contribution in [0.5, 0.6) is 0 Å². The fourth-order valence-corrected chi connectivity index (χ4v) is 1.89. The summed E-state index contributed by atoms with van der Waals surface area (Å²) in [6.07, 6.45) is 7.28. The van der Waals surface area contributed by atoms with E-state index in [1.807, 2.05) is 13.8 Å². The summed E-state index contributed by atoms with van der Waals surface area (Å²) in [5.41, 5.74) is 2.11. The molecule has 126 valence electrons. The van der Waals surface area contributed by atoms with E-state index in [1.54, 1.807) is 0 Å². The second-order valence-electron chi connectivity index (χ2n) is 7.66. The number of benzene rings is 1. The minimum Gasteiger partial charge on any atom is -0.390 e. The summed E-state index contributed by atoms with van der Waals surface area (Å²) in [6.45, 7) is 14.7. The van der Waals surface area contributed by atoms with E-state index in [1.165, 1.54) is 11.1 Å². The van der Waals surface area contributed by atoms with Crippen molar-refractivity contribution in [3.8, 4) is 0 Å². The Hall–Kier alpha value is -1.08. The Morgan fingerprint density at radius 3 is 2.18 bits per heavy atom. The molecule has 0 bridgehead atoms. The van der Waals surface area contributed by atoms with Crippen LogP contribution in [0.1, 0.15) is 84.8 Å². The van der Waals surface area contributed by atoms with E-state index in [2.05, 4.69) is 71.0 Å². The maximum absolute atomic E-state index is 9.61. The lowest BCUT2D eigenvalue weighted by atomic mass is 10.00. The molecule has 0 radical (unpaired) electrons. The van der Waals surface area contributed by atoms with Gasteiger partial charge in [0.25, 0.3) is 0 Å². The predicted octanol–water partition coefficient (Wildman–Crippen LogP) is 6.43. The van der Waals surface area contributed by atoms with E-state index in [0.717, 1.165) is 25.2 Å². The summed E-state index contributed by atoms with van der Waals surface area (Å²) in [5, 5.41) is 9.61. The highest BCUT2D eigenvalue weighted by Crippen LogP contribution is 2.17. The van der Waals surface area contributed by atoms with E-state index < -0.39 is 5.60 Å². The van der Waals surface area contributed by atoms with Crippen molar-refractivity contribution in [1.82, 2.24) is 0 Å². The zero-order valence-electron chi connectivity index (χ0n) is 15.7. The van der Waals surface area contributed by atoms with E-state index in [0.29, 0.717) is 5.92 Å². The SMILES string of the molecule is CC(C)C.CC(C)c1cccc(/C=C/CCCC(C)(C)O)c1. The van der Waals surface area contributed by atoms with Crippen LogP contribution in [0, 0.1) is 5.92 Å². The van der Waals surface area contributed by atoms with Crippen LogP contribution in [0.2, 0.25) is 0 Å². The molecular weight excluding hydrogens is 268 g/mol. The van der Waals surface area contributed by atoms with Gasteiger partial charge in [0.1, 0.15) is 0 Å². The quantitative estimate of drug-likeness (QED) is 0.601. The Balaban J connectivity index is 0.000000980. The van der Waals surface area contributed by atoms with Crippen LogP contribution in [0.25, 0.3) is 6.08 Å². The monoisotopic (exact) mass is 304 g/mol. The van der Waals surface area contributed by atoms with Gasteiger partial charge in [-0.15, -0.1) is 0 Å². The molecule has 1 nitrogen and oxygen atoms in total. The van der Waals surface area contributed by atoms with Crippen molar-refractivity contribution in [3.05, 3.63) is 41.5 Å². The molecule has 0 fully saturated rings. The first-order chi connectivity index (χ1) is 10.1. The fraction of sp³-hybridized carbons (Fsp3) is 0.619. The van der Waals surface area contributed by atoms with Crippen molar-refractivity contribution >= 4 is 6.08 Å². The highest BCUT2D eigenvalue weighted by Gasteiger charge is 2.10. The maximum atomic E-state index is 9.61. The molecule has 1 aromatic carbocycles. The molecule has 0 unspecified atom stereocenters. The minimum absolute atomic E-state index is 0.536. The molecule has 0 aliphatic carbocycles. The molecule has 0 aliphatic heterocycles. The lowest BCUT2D eigenvalue weighted by Gasteiger charge is -2.15. The highest BCUT2D eigenvalue weighted by molar-refractivity contribution is 5.50. The normalized spacial score (nSPS) is 11.9. The molecular formula is C21H36O. The number of allylic oxidation sites excluding steroid dienone is 1. The summed E-state index contributed by atoms with van der Waals surface area (Å²) in [5.74, 6) is 1.41. The molecule has 22 heavy (non-hydrogen) atoms. The molecule has 0 amide bonds. The van der Waals surface area contributed by atoms with E-state index in [-0.39, 0.29) is 0 Å². The molecule has 1 aromatic rings. The van der Waals surface area contributed by atoms with Gasteiger partial charge in [-0.25, -0.2) is 0 Å². The topological polar surface area (TPSA) is 20.2 Å². The summed E-state index contributed by atoms with van der Waals surface area (Å²) < 4.78 is 0. The van der Waals surface area contributed by atoms with Gasteiger partial charge in [0.15, 0.2) is 0 Å². The molecule has 1 heteroatoms. The Morgan fingerprint density at radius 1 is 1.09 bits per heavy atom. The van der Waals surface area contributed by atoms with Gasteiger partial charge in [-0.3, -0.25) is 0 Å². The molecule has 1 rings (SSSR count). The van der Waals surface area contributed by atoms with E-state index in [4.69, 9.17) is 0 Å². The third kappa shape index (κ3) is 12.6. The second-order valence-corrected chi connectivity index (χ2v) is 7.66. The van der Waals surface area contributed by atoms with Crippen molar-refractivity contribution in [3.63, 3.8) is 0 Å². The van der Waals surface area contributed by atoms with Crippen LogP contribution >= 0.6 is 0 Å². The van der Waals surface area contributed by atoms with Crippen LogP contribution in [0.15, 0.2) is 30.3 Å². The van der Waals surface area contributed by atoms with Gasteiger partial charge < -0.3 is 5.11 Å². The molecule has 0 aromatic heterocycles. The lowest BCUT2D eigenvalue weighted by molar-refractivity contribution is 0.0691. The molecule has 0 saturated carbocycles. The van der Waals surface area contributed by atoms with Crippen LogP contribution in [0.4, 0.5) is 0 Å². The second kappa shape index (κ2) is 10.6. The summed E-state index contributed by atoms with van der Waals surface area (Å²) >= 11 is 0. The smallest absolute Gasteiger partial charge is 0.0591 e. The zero-order chi connectivity index (χ0) is 17.2. The first-order valence-corrected chi connectivity index (χ1v) is 8.60. The zero-order valence-corrected chi connectivity index (χ0v) is 15.7. The van der Waals surface area contributed by atoms with Crippen LogP contribution in [-0.4, -0.2) is 10.7 Å². The summed E-state index contributed by atoms with van der Waals surface area (Å²) in [4.78, 5) is 0. The predicted molar refractivity (Wildman–Crippen MR) is 100 cm³/mol. The van der Waals surface area contributed by atoms with Gasteiger partial charge in [0.2, 0.25) is 0 Å². The van der Waals surface area contributed by atoms with E-state index >= 15 is 0 Å². The lowest BCUT2D eigenvalue weighted by Crippen LogP contribution is -2.17. The van der Waals surface area contributed by atoms with Crippen molar-refractivity contribution in [1.29, 1.82) is 0 Å². The third-order valence-electron chi connectivity index (χ3n) is 3.05. The first kappa shape index (κ1) is 20.9. The number of aliphatic hydroxyl groups is 1. The molecule has 0 spiro atoms. The van der Waals surface area contributed by atoms with Crippen molar-refractivity contribution in [2.45, 2.75) is 79.2 Å². The first-order valence-electron chi connectivity index (χ1n) is 8.60. The van der Waals surface area contributed by atoms with Crippen LogP contribution in [-0.2, 0) is 0 Å². The van der Waals surface area contributed by atoms with Gasteiger partial charge in [0.05, 0.1) is 5.60 Å². The van der Waals surface area contributed by atoms with Gasteiger partial charge in [-0.05, 0) is 56.1 Å². The number of unbranched alkanes of at least 4 members (excludes halogenated alkanes) is 1. The van der Waals surface area contributed by atoms with Gasteiger partial charge in [0, 0.05) is 0 Å². The van der Waals surface area contributed by atoms with Crippen molar-refractivity contribution in [2.75, 3.05) is 0 Å². The molecule has 0 atom stereocenters. The molecule has 0 saturated heterocycles. The number of hydrogen-bond acceptors (Lipinski definition) is 1. The average Bonchev–Trinajstić information content (AvgIpc) is 2.36. The summed E-state index contributed by atoms with van der Waals surface area (Å²) in [7, 11) is 0. The van der Waals surface area contributed by atoms with Crippen LogP contribution in [0.3, 0.4) is 0 Å². The van der Waals surface area contributed by atoms with Crippen molar-refractivity contribution in [2.24, 2.45) is 5.92 Å². The molecule has 1 N–H and O–H groups in total. The largest absolute Gasteiger partial charge is 0.390 e. The Kier molecular flexibility index (Phi) is 10.1. The Morgan fingerprint density at radius 2 is 1.68 bits per heavy atom. The van der Waals surface area contributed by atoms with Gasteiger partial charge in [-0.1, -0.05) is 71.0 Å². The van der Waals surface area contributed by atoms with E-state index in [9.17, 15) is 5.11 Å². The molecule has 0 aliphatic rings. The Labute approximate surface area is 138 Å². The Bertz CT molecular complexity index is 419. The third-order valence-corrected chi connectivity index (χ3v) is 3.05. The van der Waals surface area contributed by atoms with Gasteiger partial charge in [-0.2, -0.15) is 0 Å². The number of rotatable bonds is 6. The fourth-order valence-electron chi connectivity index (χ4n) is 1.89. The molecule has 0 heterocycles. The standard InChI is InChI=1S/C17H26O.C4H10/c1-14(2)16-11-8-10-15(13-16)9-6-5-7-12-17(3,4)18;1-4(2)3/h6,8-11,13-14,18H,5,7,12H2,1-4H3;4H,1-3H3/b9-6+;. The number of hydrogen-bond donors (Lipinski definition) is 1. The minimum atomic E-state index is -0.536. The van der Waals surface area contributed by atoms with Gasteiger partial charge >= 0.3 is 0 Å².